The highest BCUT2D eigenvalue weighted by Gasteiger charge is 2.44. The maximum atomic E-state index is 13.1. The van der Waals surface area contributed by atoms with E-state index >= 15 is 0 Å². The van der Waals surface area contributed by atoms with E-state index in [0.717, 1.165) is 141 Å². The molecule has 0 radical (unpaired) electrons. The quantitative estimate of drug-likeness (QED) is 0.0261. The van der Waals surface area contributed by atoms with Gasteiger partial charge in [0, 0.05) is 6.42 Å². The van der Waals surface area contributed by atoms with E-state index in [-0.39, 0.29) is 12.5 Å². The van der Waals surface area contributed by atoms with Gasteiger partial charge in [-0.15, -0.1) is 0 Å². The molecule has 1 fully saturated rings. The molecule has 1 saturated heterocycles. The standard InChI is InChI=1S/C79H131NO8/c1-3-5-7-9-11-13-15-17-19-21-23-25-27-29-31-33-34-35-36-37-38-39-40-41-43-45-47-49-51-53-55-57-59-61-63-65-67-69-75(83)80-72(71-87-79-78(86)77(85)76(84)74(70-81)88-79)73(82)68-66-64-62-60-58-56-54-52-50-48-46-44-42-32-30-28-26-24-22-20-18-16-14-12-10-8-6-4-2/h5,7,11,13,17,19,23,25,29,31,34-35,37-38,40-41,45,47,50-53,58,60,66,68,72-74,76-79,81-82,84-86H,3-4,6,8-10,12,14-16,18,20-22,24,26-28,30,32-33,36,39,42-44,46,48-49,54-57,59,61-65,67,69-71H2,1-2H3,(H,80,83)/b7-5-,13-11-,19-17-,25-23-,31-29-,35-34-,38-37-,41-40-,47-45-,52-50+,53-51-,60-58+,68-66+. The minimum absolute atomic E-state index is 0.210. The molecule has 7 unspecified atom stereocenters. The number of ether oxygens (including phenoxy) is 2. The Kier molecular flexibility index (Phi) is 61.1. The fourth-order valence-electron chi connectivity index (χ4n) is 10.3. The second-order valence-corrected chi connectivity index (χ2v) is 23.9. The van der Waals surface area contributed by atoms with E-state index in [1.807, 2.05) is 6.08 Å². The Bertz CT molecular complexity index is 1950. The summed E-state index contributed by atoms with van der Waals surface area (Å²) < 4.78 is 11.3. The van der Waals surface area contributed by atoms with E-state index in [1.165, 1.54) is 116 Å². The molecule has 0 spiro atoms. The summed E-state index contributed by atoms with van der Waals surface area (Å²) in [7, 11) is 0. The molecule has 1 amide bonds. The van der Waals surface area contributed by atoms with Gasteiger partial charge in [-0.25, -0.2) is 0 Å². The molecule has 6 N–H and O–H groups in total. The van der Waals surface area contributed by atoms with Crippen LogP contribution >= 0.6 is 0 Å². The smallest absolute Gasteiger partial charge is 0.220 e. The number of aliphatic hydroxyl groups is 5. The first-order valence-corrected chi connectivity index (χ1v) is 35.7. The molecule has 0 aliphatic carbocycles. The Balaban J connectivity index is 2.21. The second-order valence-electron chi connectivity index (χ2n) is 23.9. The first kappa shape index (κ1) is 81.8. The van der Waals surface area contributed by atoms with Gasteiger partial charge in [0.1, 0.15) is 24.4 Å². The molecule has 0 bridgehead atoms. The third-order valence-corrected chi connectivity index (χ3v) is 15.8. The third kappa shape index (κ3) is 53.6. The van der Waals surface area contributed by atoms with Crippen LogP contribution in [0, 0.1) is 0 Å². The van der Waals surface area contributed by atoms with Crippen LogP contribution in [0.15, 0.2) is 158 Å². The Morgan fingerprint density at radius 3 is 1.09 bits per heavy atom. The minimum atomic E-state index is -1.59. The van der Waals surface area contributed by atoms with Crippen LogP contribution in [0.2, 0.25) is 0 Å². The first-order valence-electron chi connectivity index (χ1n) is 35.7. The first-order chi connectivity index (χ1) is 43.3. The van der Waals surface area contributed by atoms with E-state index in [1.54, 1.807) is 6.08 Å². The Hall–Kier alpha value is -4.19. The van der Waals surface area contributed by atoms with Crippen molar-refractivity contribution in [2.75, 3.05) is 13.2 Å². The maximum Gasteiger partial charge on any atom is 0.220 e. The lowest BCUT2D eigenvalue weighted by atomic mass is 9.99. The highest BCUT2D eigenvalue weighted by atomic mass is 16.7. The largest absolute Gasteiger partial charge is 0.394 e. The van der Waals surface area contributed by atoms with E-state index in [2.05, 4.69) is 165 Å². The zero-order chi connectivity index (χ0) is 63.5. The summed E-state index contributed by atoms with van der Waals surface area (Å²) in [6, 6.07) is -0.851. The van der Waals surface area contributed by atoms with Gasteiger partial charge < -0.3 is 40.3 Å². The van der Waals surface area contributed by atoms with E-state index in [9.17, 15) is 30.3 Å². The summed E-state index contributed by atoms with van der Waals surface area (Å²) in [5.74, 6) is -0.210. The van der Waals surface area contributed by atoms with Gasteiger partial charge in [-0.2, -0.15) is 0 Å². The van der Waals surface area contributed by atoms with Gasteiger partial charge in [-0.1, -0.05) is 307 Å². The molecule has 88 heavy (non-hydrogen) atoms. The Labute approximate surface area is 539 Å². The molecule has 9 nitrogen and oxygen atoms in total. The molecule has 500 valence electrons. The molecule has 1 rings (SSSR count). The van der Waals surface area contributed by atoms with Crippen LogP contribution in [-0.4, -0.2) is 87.5 Å². The summed E-state index contributed by atoms with van der Waals surface area (Å²) >= 11 is 0. The number of nitrogens with one attached hydrogen (secondary N) is 1. The van der Waals surface area contributed by atoms with E-state index in [4.69, 9.17) is 9.47 Å². The number of unbranched alkanes of at least 4 members (excludes halogenated alkanes) is 26. The lowest BCUT2D eigenvalue weighted by Gasteiger charge is -2.40. The highest BCUT2D eigenvalue weighted by Crippen LogP contribution is 2.23. The molecule has 0 saturated carbocycles. The summed E-state index contributed by atoms with van der Waals surface area (Å²) in [4.78, 5) is 13.1. The predicted molar refractivity (Wildman–Crippen MR) is 377 cm³/mol. The monoisotopic (exact) mass is 1220 g/mol. The number of hydrogen-bond donors (Lipinski definition) is 6. The predicted octanol–water partition coefficient (Wildman–Crippen LogP) is 19.9. The minimum Gasteiger partial charge on any atom is -0.394 e. The van der Waals surface area contributed by atoms with E-state index < -0.39 is 49.5 Å². The van der Waals surface area contributed by atoms with Crippen molar-refractivity contribution in [1.29, 1.82) is 0 Å². The van der Waals surface area contributed by atoms with Gasteiger partial charge in [0.25, 0.3) is 0 Å². The topological polar surface area (TPSA) is 149 Å². The van der Waals surface area contributed by atoms with Crippen LogP contribution in [0.3, 0.4) is 0 Å². The SMILES string of the molecule is CC/C=C\C/C=C\C/C=C\C/C=C\C/C=C\C/C=C\C/C=C\C/C=C\C/C=C\C/C=C\CCCCCCCCC(=O)NC(COC1OC(CO)C(O)C(O)C1O)C(O)/C=C/CC/C=C/CC/C=C/CCCCCCCCCCCCCCCCCCCC. The van der Waals surface area contributed by atoms with Crippen LogP contribution in [0.25, 0.3) is 0 Å². The molecular formula is C79H131NO8. The van der Waals surface area contributed by atoms with Crippen molar-refractivity contribution in [3.63, 3.8) is 0 Å². The Morgan fingerprint density at radius 1 is 0.398 bits per heavy atom. The molecule has 9 heteroatoms. The average molecular weight is 1220 g/mol. The molecule has 0 aromatic heterocycles. The van der Waals surface area contributed by atoms with Crippen molar-refractivity contribution in [2.45, 2.75) is 320 Å². The summed E-state index contributed by atoms with van der Waals surface area (Å²) in [5.41, 5.74) is 0. The lowest BCUT2D eigenvalue weighted by Crippen LogP contribution is -2.60. The second kappa shape index (κ2) is 65.8. The number of amides is 1. The zero-order valence-corrected chi connectivity index (χ0v) is 55.9. The van der Waals surface area contributed by atoms with Gasteiger partial charge in [0.05, 0.1) is 25.4 Å². The van der Waals surface area contributed by atoms with E-state index in [0.29, 0.717) is 6.42 Å². The number of carbonyl (C=O) groups excluding carboxylic acids is 1. The lowest BCUT2D eigenvalue weighted by molar-refractivity contribution is -0.302. The van der Waals surface area contributed by atoms with Crippen LogP contribution in [0.1, 0.15) is 277 Å². The van der Waals surface area contributed by atoms with Crippen LogP contribution in [-0.2, 0) is 14.3 Å². The van der Waals surface area contributed by atoms with Crippen molar-refractivity contribution in [2.24, 2.45) is 0 Å². The number of aliphatic hydroxyl groups excluding tert-OH is 5. The highest BCUT2D eigenvalue weighted by molar-refractivity contribution is 5.76. The van der Waals surface area contributed by atoms with Gasteiger partial charge in [0.2, 0.25) is 5.91 Å². The summed E-state index contributed by atoms with van der Waals surface area (Å²) in [5, 5.41) is 54.7. The fourth-order valence-corrected chi connectivity index (χ4v) is 10.3. The molecular weight excluding hydrogens is 1090 g/mol. The van der Waals surface area contributed by atoms with Gasteiger partial charge in [-0.05, 0) is 122 Å². The Morgan fingerprint density at radius 2 is 0.716 bits per heavy atom. The maximum absolute atomic E-state index is 13.1. The zero-order valence-electron chi connectivity index (χ0n) is 55.9. The fraction of sp³-hybridized carbons (Fsp3) is 0.658. The molecule has 1 aliphatic heterocycles. The van der Waals surface area contributed by atoms with Gasteiger partial charge >= 0.3 is 0 Å². The summed E-state index contributed by atoms with van der Waals surface area (Å²) in [6.07, 6.45) is 96.3. The van der Waals surface area contributed by atoms with Crippen LogP contribution in [0.4, 0.5) is 0 Å². The normalized spacial score (nSPS) is 18.9. The average Bonchev–Trinajstić information content (AvgIpc) is 3.29. The molecule has 7 atom stereocenters. The molecule has 1 heterocycles. The van der Waals surface area contributed by atoms with Crippen molar-refractivity contribution in [3.8, 4) is 0 Å². The van der Waals surface area contributed by atoms with Crippen LogP contribution in [0.5, 0.6) is 0 Å². The van der Waals surface area contributed by atoms with Crippen molar-refractivity contribution < 1.29 is 39.8 Å². The van der Waals surface area contributed by atoms with Crippen molar-refractivity contribution in [3.05, 3.63) is 158 Å². The molecule has 1 aliphatic rings. The van der Waals surface area contributed by atoms with Gasteiger partial charge in [0.15, 0.2) is 6.29 Å². The molecule has 0 aromatic rings. The summed E-state index contributed by atoms with van der Waals surface area (Å²) in [6.45, 7) is 3.65. The number of carbonyl (C=O) groups is 1. The molecule has 0 aromatic carbocycles. The number of hydrogen-bond acceptors (Lipinski definition) is 8. The van der Waals surface area contributed by atoms with Gasteiger partial charge in [-0.3, -0.25) is 4.79 Å². The number of rotatable bonds is 60. The van der Waals surface area contributed by atoms with Crippen molar-refractivity contribution in [1.82, 2.24) is 5.32 Å². The van der Waals surface area contributed by atoms with Crippen molar-refractivity contribution >= 4 is 5.91 Å². The third-order valence-electron chi connectivity index (χ3n) is 15.8. The van der Waals surface area contributed by atoms with Crippen LogP contribution < -0.4 is 5.32 Å². The number of allylic oxidation sites excluding steroid dienone is 25.